The lowest BCUT2D eigenvalue weighted by atomic mass is 10.2. The normalized spacial score (nSPS) is 21.5. The molecule has 5 rings (SSSR count). The molecule has 0 spiro atoms. The summed E-state index contributed by atoms with van der Waals surface area (Å²) in [6, 6.07) is -0.267. The van der Waals surface area contributed by atoms with E-state index in [1.54, 1.807) is 12.0 Å². The van der Waals surface area contributed by atoms with Crippen molar-refractivity contribution in [3.05, 3.63) is 33.8 Å². The van der Waals surface area contributed by atoms with Gasteiger partial charge in [-0.2, -0.15) is 9.61 Å². The SMILES string of the molecule is COC[C@H]1COCCN1C(=O)/C=C/c1cnn2c(=O)c(C(=O)NC3CC3)c(O)n(CC3(F)CC3)c12. The molecule has 2 aromatic rings. The first-order valence-electron chi connectivity index (χ1n) is 11.7. The van der Waals surface area contributed by atoms with Gasteiger partial charge in [0.25, 0.3) is 11.5 Å². The van der Waals surface area contributed by atoms with E-state index in [0.29, 0.717) is 44.8 Å². The van der Waals surface area contributed by atoms with Crippen LogP contribution in [0.3, 0.4) is 0 Å². The van der Waals surface area contributed by atoms with Crippen molar-refractivity contribution >= 4 is 23.5 Å². The zero-order chi connectivity index (χ0) is 24.7. The molecule has 1 aliphatic heterocycles. The van der Waals surface area contributed by atoms with Crippen molar-refractivity contribution in [3.8, 4) is 5.88 Å². The molecule has 0 radical (unpaired) electrons. The summed E-state index contributed by atoms with van der Waals surface area (Å²) in [7, 11) is 1.55. The van der Waals surface area contributed by atoms with E-state index in [4.69, 9.17) is 9.47 Å². The summed E-state index contributed by atoms with van der Waals surface area (Å²) in [5.74, 6) is -1.61. The number of morpholine rings is 1. The molecule has 0 unspecified atom stereocenters. The van der Waals surface area contributed by atoms with Crippen molar-refractivity contribution in [1.82, 2.24) is 24.4 Å². The Morgan fingerprint density at radius 1 is 1.40 bits per heavy atom. The molecule has 12 heteroatoms. The third-order valence-electron chi connectivity index (χ3n) is 6.56. The molecule has 11 nitrogen and oxygen atoms in total. The van der Waals surface area contributed by atoms with Gasteiger partial charge in [0.1, 0.15) is 11.3 Å². The monoisotopic (exact) mass is 489 g/mol. The molecule has 188 valence electrons. The molecule has 1 saturated heterocycles. The van der Waals surface area contributed by atoms with Crippen molar-refractivity contribution in [2.75, 3.05) is 33.5 Å². The Kier molecular flexibility index (Phi) is 6.09. The number of rotatable bonds is 8. The molecule has 35 heavy (non-hydrogen) atoms. The Morgan fingerprint density at radius 3 is 2.86 bits per heavy atom. The second kappa shape index (κ2) is 9.08. The average molecular weight is 490 g/mol. The minimum atomic E-state index is -1.54. The standard InChI is InChI=1S/C23H28FN5O6/c1-34-11-16-12-35-9-8-27(16)17(30)5-2-14-10-25-29-20(14)28(13-23(24)6-7-23)21(32)18(22(29)33)19(31)26-15-3-4-15/h2,5,10,15-16,32H,3-4,6-9,11-13H2,1H3,(H,26,31)/b5-2+/t16-/m0/s1. The Balaban J connectivity index is 1.52. The minimum Gasteiger partial charge on any atom is -0.494 e. The number of nitrogens with one attached hydrogen (secondary N) is 1. The first kappa shape index (κ1) is 23.5. The molecule has 2 aromatic heterocycles. The molecule has 0 bridgehead atoms. The Hall–Kier alpha value is -3.25. The summed E-state index contributed by atoms with van der Waals surface area (Å²) in [6.45, 7) is 1.26. The van der Waals surface area contributed by atoms with E-state index in [-0.39, 0.29) is 30.2 Å². The van der Waals surface area contributed by atoms with E-state index in [9.17, 15) is 23.9 Å². The lowest BCUT2D eigenvalue weighted by Gasteiger charge is -2.34. The zero-order valence-electron chi connectivity index (χ0n) is 19.4. The molecular weight excluding hydrogens is 461 g/mol. The second-order valence-corrected chi connectivity index (χ2v) is 9.37. The van der Waals surface area contributed by atoms with Crippen LogP contribution < -0.4 is 10.9 Å². The minimum absolute atomic E-state index is 0.0364. The van der Waals surface area contributed by atoms with Crippen LogP contribution in [0.25, 0.3) is 11.7 Å². The number of amides is 2. The van der Waals surface area contributed by atoms with Crippen LogP contribution >= 0.6 is 0 Å². The number of fused-ring (bicyclic) bond motifs is 1. The maximum Gasteiger partial charge on any atom is 0.291 e. The molecule has 2 N–H and O–H groups in total. The fourth-order valence-electron chi connectivity index (χ4n) is 4.27. The lowest BCUT2D eigenvalue weighted by Crippen LogP contribution is -2.50. The smallest absolute Gasteiger partial charge is 0.291 e. The maximum absolute atomic E-state index is 14.8. The maximum atomic E-state index is 14.8. The number of hydrogen-bond donors (Lipinski definition) is 2. The van der Waals surface area contributed by atoms with Crippen LogP contribution in [-0.2, 0) is 20.8 Å². The van der Waals surface area contributed by atoms with Crippen molar-refractivity contribution in [2.45, 2.75) is 50.0 Å². The number of halogens is 1. The van der Waals surface area contributed by atoms with Crippen LogP contribution in [0.2, 0.25) is 0 Å². The second-order valence-electron chi connectivity index (χ2n) is 9.37. The number of aromatic hydroxyl groups is 1. The molecule has 2 amide bonds. The molecule has 3 heterocycles. The largest absolute Gasteiger partial charge is 0.494 e. The number of methoxy groups -OCH3 is 1. The van der Waals surface area contributed by atoms with Crippen LogP contribution in [0.5, 0.6) is 5.88 Å². The fraction of sp³-hybridized carbons (Fsp3) is 0.565. The van der Waals surface area contributed by atoms with Gasteiger partial charge in [-0.3, -0.25) is 19.0 Å². The first-order valence-corrected chi connectivity index (χ1v) is 11.7. The molecule has 2 aliphatic carbocycles. The van der Waals surface area contributed by atoms with Crippen LogP contribution in [0.4, 0.5) is 4.39 Å². The number of hydrogen-bond acceptors (Lipinski definition) is 7. The highest BCUT2D eigenvalue weighted by atomic mass is 19.1. The van der Waals surface area contributed by atoms with E-state index in [1.165, 1.54) is 22.9 Å². The van der Waals surface area contributed by atoms with Gasteiger partial charge in [-0.05, 0) is 31.8 Å². The summed E-state index contributed by atoms with van der Waals surface area (Å²) in [5, 5.41) is 17.7. The van der Waals surface area contributed by atoms with Crippen LogP contribution in [0.15, 0.2) is 17.1 Å². The average Bonchev–Trinajstić information content (AvgIpc) is 3.75. The van der Waals surface area contributed by atoms with Crippen molar-refractivity contribution in [3.63, 3.8) is 0 Å². The highest BCUT2D eigenvalue weighted by Crippen LogP contribution is 2.42. The van der Waals surface area contributed by atoms with Gasteiger partial charge in [0.05, 0.1) is 38.6 Å². The third kappa shape index (κ3) is 4.67. The van der Waals surface area contributed by atoms with E-state index < -0.39 is 28.6 Å². The van der Waals surface area contributed by atoms with Crippen molar-refractivity contribution < 1.29 is 28.6 Å². The molecule has 0 aromatic carbocycles. The molecule has 3 fully saturated rings. The molecular formula is C23H28FN5O6. The Bertz CT molecular complexity index is 1240. The predicted molar refractivity (Wildman–Crippen MR) is 122 cm³/mol. The molecule has 3 aliphatic rings. The zero-order valence-corrected chi connectivity index (χ0v) is 19.4. The number of ether oxygens (including phenoxy) is 2. The van der Waals surface area contributed by atoms with Gasteiger partial charge in [0, 0.05) is 31.3 Å². The number of carbonyl (C=O) groups excluding carboxylic acids is 2. The summed E-state index contributed by atoms with van der Waals surface area (Å²) < 4.78 is 27.6. The van der Waals surface area contributed by atoms with Gasteiger partial charge in [0.15, 0.2) is 5.56 Å². The highest BCUT2D eigenvalue weighted by molar-refractivity contribution is 5.97. The first-order chi connectivity index (χ1) is 16.8. The van der Waals surface area contributed by atoms with E-state index in [0.717, 1.165) is 17.4 Å². The van der Waals surface area contributed by atoms with Gasteiger partial charge in [-0.15, -0.1) is 0 Å². The lowest BCUT2D eigenvalue weighted by molar-refractivity contribution is -0.136. The predicted octanol–water partition coefficient (Wildman–Crippen LogP) is 0.483. The summed E-state index contributed by atoms with van der Waals surface area (Å²) in [5.41, 5.74) is -2.38. The summed E-state index contributed by atoms with van der Waals surface area (Å²) >= 11 is 0. The topological polar surface area (TPSA) is 127 Å². The highest BCUT2D eigenvalue weighted by Gasteiger charge is 2.45. The van der Waals surface area contributed by atoms with Crippen molar-refractivity contribution in [1.29, 1.82) is 0 Å². The van der Waals surface area contributed by atoms with Gasteiger partial charge in [-0.1, -0.05) is 0 Å². The molecule has 2 saturated carbocycles. The van der Waals surface area contributed by atoms with Gasteiger partial charge in [0.2, 0.25) is 11.8 Å². The van der Waals surface area contributed by atoms with Crippen LogP contribution in [-0.4, -0.2) is 87.2 Å². The van der Waals surface area contributed by atoms with Crippen LogP contribution in [0, 0.1) is 0 Å². The Morgan fingerprint density at radius 2 is 2.17 bits per heavy atom. The number of aromatic nitrogens is 3. The quantitative estimate of drug-likeness (QED) is 0.517. The number of alkyl halides is 1. The number of nitrogens with zero attached hydrogens (tertiary/aromatic N) is 4. The third-order valence-corrected chi connectivity index (χ3v) is 6.56. The van der Waals surface area contributed by atoms with Gasteiger partial charge >= 0.3 is 0 Å². The molecule has 1 atom stereocenters. The van der Waals surface area contributed by atoms with Gasteiger partial charge < -0.3 is 24.8 Å². The van der Waals surface area contributed by atoms with Crippen molar-refractivity contribution in [2.24, 2.45) is 0 Å². The number of carbonyl (C=O) groups is 2. The Labute approximate surface area is 200 Å². The van der Waals surface area contributed by atoms with Crippen LogP contribution in [0.1, 0.15) is 41.6 Å². The fourth-order valence-corrected chi connectivity index (χ4v) is 4.27. The van der Waals surface area contributed by atoms with E-state index >= 15 is 0 Å². The summed E-state index contributed by atoms with van der Waals surface area (Å²) in [6.07, 6.45) is 6.39. The van der Waals surface area contributed by atoms with E-state index in [2.05, 4.69) is 10.4 Å². The van der Waals surface area contributed by atoms with Gasteiger partial charge in [-0.25, -0.2) is 4.39 Å². The summed E-state index contributed by atoms with van der Waals surface area (Å²) in [4.78, 5) is 40.3. The van der Waals surface area contributed by atoms with E-state index in [1.807, 2.05) is 0 Å².